The van der Waals surface area contributed by atoms with Crippen molar-refractivity contribution >= 4 is 39.7 Å². The van der Waals surface area contributed by atoms with Gasteiger partial charge in [0.25, 0.3) is 5.91 Å². The van der Waals surface area contributed by atoms with Crippen LogP contribution in [0.15, 0.2) is 42.5 Å². The zero-order chi connectivity index (χ0) is 21.7. The summed E-state index contributed by atoms with van der Waals surface area (Å²) < 4.78 is 5.83. The summed E-state index contributed by atoms with van der Waals surface area (Å²) in [6.07, 6.45) is 3.99. The monoisotopic (exact) mass is 425 g/mol. The molecule has 2 aromatic carbocycles. The highest BCUT2D eigenvalue weighted by Gasteiger charge is 2.40. The Labute approximate surface area is 184 Å². The molecule has 0 aromatic heterocycles. The van der Waals surface area contributed by atoms with Crippen molar-refractivity contribution in [3.05, 3.63) is 48.0 Å². The fraction of sp³-hybridized carbons (Fsp3) is 0.480. The second kappa shape index (κ2) is 9.69. The Balaban J connectivity index is 1.51. The van der Waals surface area contributed by atoms with E-state index in [2.05, 4.69) is 36.4 Å². The van der Waals surface area contributed by atoms with Crippen LogP contribution in [0.25, 0.3) is 10.8 Å². The van der Waals surface area contributed by atoms with Crippen molar-refractivity contribution in [2.24, 2.45) is 5.41 Å². The summed E-state index contributed by atoms with van der Waals surface area (Å²) in [6.45, 7) is 6.64. The number of ether oxygens (including phenoxy) is 1. The van der Waals surface area contributed by atoms with E-state index in [9.17, 15) is 9.59 Å². The number of rotatable bonds is 8. The molecule has 0 saturated carbocycles. The number of ketones is 1. The number of carbonyl (C=O) groups excluding carboxylic acids is 2. The van der Waals surface area contributed by atoms with Crippen molar-refractivity contribution in [2.75, 3.05) is 13.2 Å². The summed E-state index contributed by atoms with van der Waals surface area (Å²) in [6, 6.07) is 14.6. The summed E-state index contributed by atoms with van der Waals surface area (Å²) in [5, 5.41) is 2.91. The molecule has 160 valence electrons. The third kappa shape index (κ3) is 5.07. The van der Waals surface area contributed by atoms with Gasteiger partial charge in [-0.1, -0.05) is 63.2 Å². The van der Waals surface area contributed by atoms with E-state index in [1.165, 1.54) is 16.3 Å². The number of fused-ring (bicyclic) bond motifs is 1. The Bertz CT molecular complexity index is 937. The first-order valence-corrected chi connectivity index (χ1v) is 11.2. The molecule has 0 N–H and O–H groups in total. The van der Waals surface area contributed by atoms with Crippen LogP contribution in [0.5, 0.6) is 0 Å². The standard InChI is InChI=1S/C25H31NO3S/c1-4-25(2,3)22(27)23(28)26-15-7-12-21(26)24(30)29-16-8-9-18-13-14-19-10-5-6-11-20(19)17-18/h5-6,10-11,13-14,17,21H,4,7-9,12,15-16H2,1-3H3/t21-/m0/s1. The first kappa shape index (κ1) is 22.4. The normalized spacial score (nSPS) is 16.6. The second-order valence-corrected chi connectivity index (χ2v) is 9.08. The van der Waals surface area contributed by atoms with Crippen molar-refractivity contribution in [1.82, 2.24) is 4.90 Å². The fourth-order valence-electron chi connectivity index (χ4n) is 3.77. The minimum absolute atomic E-state index is 0.273. The highest BCUT2D eigenvalue weighted by Crippen LogP contribution is 2.26. The minimum atomic E-state index is -0.646. The van der Waals surface area contributed by atoms with Gasteiger partial charge in [0.2, 0.25) is 5.78 Å². The van der Waals surface area contributed by atoms with Gasteiger partial charge in [0.1, 0.15) is 6.04 Å². The molecule has 0 bridgehead atoms. The van der Waals surface area contributed by atoms with Crippen molar-refractivity contribution in [2.45, 2.75) is 58.9 Å². The van der Waals surface area contributed by atoms with Gasteiger partial charge in [0.05, 0.1) is 6.61 Å². The smallest absolute Gasteiger partial charge is 0.291 e. The molecule has 1 amide bonds. The van der Waals surface area contributed by atoms with Crippen LogP contribution in [0.4, 0.5) is 0 Å². The van der Waals surface area contributed by atoms with E-state index in [4.69, 9.17) is 17.0 Å². The molecule has 1 heterocycles. The third-order valence-corrected chi connectivity index (χ3v) is 6.54. The molecule has 0 radical (unpaired) electrons. The van der Waals surface area contributed by atoms with E-state index in [0.717, 1.165) is 25.7 Å². The average molecular weight is 426 g/mol. The van der Waals surface area contributed by atoms with Crippen LogP contribution in [0.1, 0.15) is 52.0 Å². The number of nitrogens with zero attached hydrogens (tertiary/aromatic N) is 1. The van der Waals surface area contributed by atoms with Crippen LogP contribution in [0.3, 0.4) is 0 Å². The van der Waals surface area contributed by atoms with Gasteiger partial charge >= 0.3 is 0 Å². The van der Waals surface area contributed by atoms with Crippen LogP contribution >= 0.6 is 12.2 Å². The van der Waals surface area contributed by atoms with Gasteiger partial charge in [-0.25, -0.2) is 0 Å². The molecule has 1 atom stereocenters. The second-order valence-electron chi connectivity index (χ2n) is 8.68. The Morgan fingerprint density at radius 2 is 1.90 bits per heavy atom. The van der Waals surface area contributed by atoms with Gasteiger partial charge < -0.3 is 9.64 Å². The van der Waals surface area contributed by atoms with E-state index in [1.807, 2.05) is 26.8 Å². The van der Waals surface area contributed by atoms with Crippen molar-refractivity contribution in [3.8, 4) is 0 Å². The van der Waals surface area contributed by atoms with Crippen LogP contribution in [-0.2, 0) is 20.7 Å². The van der Waals surface area contributed by atoms with Crippen LogP contribution < -0.4 is 0 Å². The Morgan fingerprint density at radius 1 is 1.17 bits per heavy atom. The number of hydrogen-bond donors (Lipinski definition) is 0. The lowest BCUT2D eigenvalue weighted by Crippen LogP contribution is -2.47. The minimum Gasteiger partial charge on any atom is -0.485 e. The first-order chi connectivity index (χ1) is 14.3. The van der Waals surface area contributed by atoms with E-state index in [-0.39, 0.29) is 11.8 Å². The molecule has 0 spiro atoms. The highest BCUT2D eigenvalue weighted by atomic mass is 32.1. The Hall–Kier alpha value is -2.27. The van der Waals surface area contributed by atoms with Gasteiger partial charge in [-0.05, 0) is 60.7 Å². The van der Waals surface area contributed by atoms with E-state index in [1.54, 1.807) is 4.90 Å². The number of hydrogen-bond acceptors (Lipinski definition) is 4. The number of thiocarbonyl (C=S) groups is 1. The molecular formula is C25H31NO3S. The first-order valence-electron chi connectivity index (χ1n) is 10.8. The van der Waals surface area contributed by atoms with Gasteiger partial charge in [0.15, 0.2) is 5.05 Å². The number of Topliss-reactive ketones (excluding diaryl/α,β-unsaturated/α-hetero) is 1. The molecule has 4 nitrogen and oxygen atoms in total. The van der Waals surface area contributed by atoms with E-state index < -0.39 is 11.3 Å². The van der Waals surface area contributed by atoms with E-state index in [0.29, 0.717) is 24.6 Å². The van der Waals surface area contributed by atoms with Crippen LogP contribution in [0, 0.1) is 5.41 Å². The lowest BCUT2D eigenvalue weighted by atomic mass is 9.84. The SMILES string of the molecule is CCC(C)(C)C(=O)C(=O)N1CCC[C@H]1C(=S)OCCCc1ccc2ccccc2c1. The van der Waals surface area contributed by atoms with E-state index >= 15 is 0 Å². The maximum Gasteiger partial charge on any atom is 0.291 e. The summed E-state index contributed by atoms with van der Waals surface area (Å²) in [7, 11) is 0. The molecule has 0 aliphatic carbocycles. The number of likely N-dealkylation sites (tertiary alicyclic amines) is 1. The van der Waals surface area contributed by atoms with Crippen molar-refractivity contribution in [1.29, 1.82) is 0 Å². The third-order valence-electron chi connectivity index (χ3n) is 6.15. The number of benzene rings is 2. The zero-order valence-corrected chi connectivity index (χ0v) is 19.0. The molecule has 5 heteroatoms. The lowest BCUT2D eigenvalue weighted by molar-refractivity contribution is -0.149. The zero-order valence-electron chi connectivity index (χ0n) is 18.1. The molecule has 0 unspecified atom stereocenters. The van der Waals surface area contributed by atoms with Gasteiger partial charge in [-0.3, -0.25) is 9.59 Å². The van der Waals surface area contributed by atoms with Crippen LogP contribution in [0.2, 0.25) is 0 Å². The number of amides is 1. The summed E-state index contributed by atoms with van der Waals surface area (Å²) in [4.78, 5) is 27.0. The number of carbonyl (C=O) groups is 2. The fourth-order valence-corrected chi connectivity index (χ4v) is 4.10. The van der Waals surface area contributed by atoms with Crippen molar-refractivity contribution < 1.29 is 14.3 Å². The maximum absolute atomic E-state index is 12.7. The van der Waals surface area contributed by atoms with Gasteiger partial charge in [0, 0.05) is 12.0 Å². The van der Waals surface area contributed by atoms with Gasteiger partial charge in [-0.15, -0.1) is 0 Å². The largest absolute Gasteiger partial charge is 0.485 e. The topological polar surface area (TPSA) is 46.6 Å². The lowest BCUT2D eigenvalue weighted by Gasteiger charge is -2.28. The predicted molar refractivity (Wildman–Crippen MR) is 125 cm³/mol. The molecule has 1 aliphatic heterocycles. The Kier molecular flexibility index (Phi) is 7.24. The van der Waals surface area contributed by atoms with Crippen LogP contribution in [-0.4, -0.2) is 40.8 Å². The molecular weight excluding hydrogens is 394 g/mol. The number of aryl methyl sites for hydroxylation is 1. The predicted octanol–water partition coefficient (Wildman–Crippen LogP) is 5.11. The summed E-state index contributed by atoms with van der Waals surface area (Å²) >= 11 is 5.48. The molecule has 2 aromatic rings. The highest BCUT2D eigenvalue weighted by molar-refractivity contribution is 7.80. The molecule has 3 rings (SSSR count). The Morgan fingerprint density at radius 3 is 2.63 bits per heavy atom. The molecule has 1 saturated heterocycles. The summed E-state index contributed by atoms with van der Waals surface area (Å²) in [5.74, 6) is -0.762. The van der Waals surface area contributed by atoms with Gasteiger partial charge in [-0.2, -0.15) is 0 Å². The molecule has 30 heavy (non-hydrogen) atoms. The molecule has 1 fully saturated rings. The average Bonchev–Trinajstić information content (AvgIpc) is 3.25. The summed E-state index contributed by atoms with van der Waals surface area (Å²) in [5.41, 5.74) is 0.625. The van der Waals surface area contributed by atoms with Crippen molar-refractivity contribution in [3.63, 3.8) is 0 Å². The quantitative estimate of drug-likeness (QED) is 0.335. The molecule has 1 aliphatic rings. The maximum atomic E-state index is 12.7.